The van der Waals surface area contributed by atoms with Crippen molar-refractivity contribution < 1.29 is 5.11 Å². The maximum Gasteiger partial charge on any atom is 0.0596 e. The molecular weight excluding hydrogens is 208 g/mol. The number of aliphatic hydroxyl groups is 1. The summed E-state index contributed by atoms with van der Waals surface area (Å²) in [5.41, 5.74) is 0. The second-order valence-corrected chi connectivity index (χ2v) is 6.87. The van der Waals surface area contributed by atoms with Gasteiger partial charge in [-0.2, -0.15) is 0 Å². The molecule has 0 saturated heterocycles. The molecule has 0 bridgehead atoms. The first kappa shape index (κ1) is 13.4. The van der Waals surface area contributed by atoms with Crippen LogP contribution in [-0.4, -0.2) is 11.2 Å². The number of hydrogen-bond acceptors (Lipinski definition) is 1. The Kier molecular flexibility index (Phi) is 4.52. The van der Waals surface area contributed by atoms with Crippen molar-refractivity contribution in [1.82, 2.24) is 0 Å². The standard InChI is InChI=1S/C16H30O/c1-4-13-6-8-15(10-13)16(17)14-7-5-11(2)12(3)9-14/h11-17H,4-10H2,1-3H3. The van der Waals surface area contributed by atoms with Gasteiger partial charge in [0.1, 0.15) is 0 Å². The molecule has 2 rings (SSSR count). The predicted octanol–water partition coefficient (Wildman–Crippen LogP) is 4.25. The molecule has 2 saturated carbocycles. The maximum absolute atomic E-state index is 10.6. The van der Waals surface area contributed by atoms with Crippen molar-refractivity contribution in [3.8, 4) is 0 Å². The minimum absolute atomic E-state index is 0.00139. The molecule has 0 aromatic rings. The van der Waals surface area contributed by atoms with E-state index in [0.717, 1.165) is 17.8 Å². The first-order valence-corrected chi connectivity index (χ1v) is 7.79. The van der Waals surface area contributed by atoms with Crippen molar-refractivity contribution in [3.05, 3.63) is 0 Å². The van der Waals surface area contributed by atoms with Crippen molar-refractivity contribution >= 4 is 0 Å². The van der Waals surface area contributed by atoms with E-state index in [4.69, 9.17) is 0 Å². The highest BCUT2D eigenvalue weighted by molar-refractivity contribution is 4.87. The Morgan fingerprint density at radius 1 is 0.941 bits per heavy atom. The van der Waals surface area contributed by atoms with Gasteiger partial charge >= 0.3 is 0 Å². The Bertz CT molecular complexity index is 238. The summed E-state index contributed by atoms with van der Waals surface area (Å²) in [4.78, 5) is 0. The first-order chi connectivity index (χ1) is 8.11. The van der Waals surface area contributed by atoms with Gasteiger partial charge in [-0.1, -0.05) is 40.0 Å². The summed E-state index contributed by atoms with van der Waals surface area (Å²) in [5.74, 6) is 3.79. The molecule has 2 aliphatic rings. The van der Waals surface area contributed by atoms with Gasteiger partial charge in [0.25, 0.3) is 0 Å². The number of aliphatic hydroxyl groups excluding tert-OH is 1. The highest BCUT2D eigenvalue weighted by atomic mass is 16.3. The van der Waals surface area contributed by atoms with E-state index in [9.17, 15) is 5.11 Å². The third kappa shape index (κ3) is 3.05. The normalized spacial score (nSPS) is 44.8. The zero-order valence-corrected chi connectivity index (χ0v) is 11.9. The van der Waals surface area contributed by atoms with Crippen LogP contribution in [0.25, 0.3) is 0 Å². The quantitative estimate of drug-likeness (QED) is 0.779. The monoisotopic (exact) mass is 238 g/mol. The summed E-state index contributed by atoms with van der Waals surface area (Å²) in [7, 11) is 0. The van der Waals surface area contributed by atoms with E-state index in [0.29, 0.717) is 11.8 Å². The Balaban J connectivity index is 1.86. The van der Waals surface area contributed by atoms with Gasteiger partial charge in [-0.05, 0) is 55.3 Å². The van der Waals surface area contributed by atoms with Gasteiger partial charge in [0.2, 0.25) is 0 Å². The molecule has 6 atom stereocenters. The number of rotatable bonds is 3. The van der Waals surface area contributed by atoms with Crippen LogP contribution in [0.4, 0.5) is 0 Å². The van der Waals surface area contributed by atoms with E-state index in [2.05, 4.69) is 20.8 Å². The Labute approximate surface area is 107 Å². The van der Waals surface area contributed by atoms with E-state index < -0.39 is 0 Å². The summed E-state index contributed by atoms with van der Waals surface area (Å²) < 4.78 is 0. The lowest BCUT2D eigenvalue weighted by Gasteiger charge is -2.36. The molecule has 1 heteroatoms. The van der Waals surface area contributed by atoms with Crippen LogP contribution in [0, 0.1) is 29.6 Å². The highest BCUT2D eigenvalue weighted by Crippen LogP contribution is 2.42. The van der Waals surface area contributed by atoms with Crippen molar-refractivity contribution in [1.29, 1.82) is 0 Å². The van der Waals surface area contributed by atoms with Gasteiger partial charge < -0.3 is 5.11 Å². The first-order valence-electron chi connectivity index (χ1n) is 7.79. The van der Waals surface area contributed by atoms with E-state index >= 15 is 0 Å². The molecule has 0 aromatic heterocycles. The summed E-state index contributed by atoms with van der Waals surface area (Å²) in [6.07, 6.45) is 9.08. The van der Waals surface area contributed by atoms with Crippen molar-refractivity contribution in [2.45, 2.75) is 71.8 Å². The minimum Gasteiger partial charge on any atom is -0.393 e. The van der Waals surface area contributed by atoms with Gasteiger partial charge in [0.05, 0.1) is 6.10 Å². The van der Waals surface area contributed by atoms with Gasteiger partial charge in [-0.15, -0.1) is 0 Å². The second kappa shape index (κ2) is 5.73. The lowest BCUT2D eigenvalue weighted by Crippen LogP contribution is -2.33. The molecule has 2 aliphatic carbocycles. The summed E-state index contributed by atoms with van der Waals surface area (Å²) in [5, 5.41) is 10.6. The van der Waals surface area contributed by atoms with Crippen LogP contribution >= 0.6 is 0 Å². The van der Waals surface area contributed by atoms with Crippen molar-refractivity contribution in [2.75, 3.05) is 0 Å². The van der Waals surface area contributed by atoms with Crippen LogP contribution in [0.2, 0.25) is 0 Å². The Morgan fingerprint density at radius 2 is 1.59 bits per heavy atom. The van der Waals surface area contributed by atoms with Crippen molar-refractivity contribution in [3.63, 3.8) is 0 Å². The molecule has 1 N–H and O–H groups in total. The van der Waals surface area contributed by atoms with E-state index in [1.807, 2.05) is 0 Å². The lowest BCUT2D eigenvalue weighted by molar-refractivity contribution is 0.0148. The van der Waals surface area contributed by atoms with E-state index in [1.54, 1.807) is 0 Å². The molecule has 0 radical (unpaired) electrons. The molecule has 0 spiro atoms. The Morgan fingerprint density at radius 3 is 2.18 bits per heavy atom. The SMILES string of the molecule is CCC1CCC(C(O)C2CCC(C)C(C)C2)C1. The molecule has 1 nitrogen and oxygen atoms in total. The molecular formula is C16H30O. The summed E-state index contributed by atoms with van der Waals surface area (Å²) >= 11 is 0. The smallest absolute Gasteiger partial charge is 0.0596 e. The van der Waals surface area contributed by atoms with Crippen molar-refractivity contribution in [2.24, 2.45) is 29.6 Å². The van der Waals surface area contributed by atoms with E-state index in [-0.39, 0.29) is 6.10 Å². The molecule has 6 unspecified atom stereocenters. The zero-order valence-electron chi connectivity index (χ0n) is 11.9. The van der Waals surface area contributed by atoms with Crippen LogP contribution in [0.15, 0.2) is 0 Å². The maximum atomic E-state index is 10.6. The fraction of sp³-hybridized carbons (Fsp3) is 1.00. The van der Waals surface area contributed by atoms with Crippen LogP contribution in [0.3, 0.4) is 0 Å². The second-order valence-electron chi connectivity index (χ2n) is 6.87. The van der Waals surface area contributed by atoms with Crippen LogP contribution in [-0.2, 0) is 0 Å². The van der Waals surface area contributed by atoms with Crippen LogP contribution in [0.5, 0.6) is 0 Å². The largest absolute Gasteiger partial charge is 0.393 e. The van der Waals surface area contributed by atoms with Gasteiger partial charge in [0.15, 0.2) is 0 Å². The fourth-order valence-corrected chi connectivity index (χ4v) is 4.08. The highest BCUT2D eigenvalue weighted by Gasteiger charge is 2.36. The van der Waals surface area contributed by atoms with Crippen LogP contribution < -0.4 is 0 Å². The zero-order chi connectivity index (χ0) is 12.4. The lowest BCUT2D eigenvalue weighted by atomic mass is 9.71. The third-order valence-electron chi connectivity index (χ3n) is 5.76. The predicted molar refractivity (Wildman–Crippen MR) is 72.8 cm³/mol. The average Bonchev–Trinajstić information content (AvgIpc) is 2.80. The Hall–Kier alpha value is -0.0400. The third-order valence-corrected chi connectivity index (χ3v) is 5.76. The molecule has 0 heterocycles. The fourth-order valence-electron chi connectivity index (χ4n) is 4.08. The molecule has 0 aromatic carbocycles. The summed E-state index contributed by atoms with van der Waals surface area (Å²) in [6, 6.07) is 0. The van der Waals surface area contributed by atoms with Gasteiger partial charge in [0, 0.05) is 0 Å². The van der Waals surface area contributed by atoms with Gasteiger partial charge in [-0.25, -0.2) is 0 Å². The summed E-state index contributed by atoms with van der Waals surface area (Å²) in [6.45, 7) is 7.03. The molecule has 2 fully saturated rings. The minimum atomic E-state index is 0.00139. The van der Waals surface area contributed by atoms with E-state index in [1.165, 1.54) is 44.9 Å². The van der Waals surface area contributed by atoms with Gasteiger partial charge in [-0.3, -0.25) is 0 Å². The van der Waals surface area contributed by atoms with Crippen LogP contribution in [0.1, 0.15) is 65.7 Å². The molecule has 0 aliphatic heterocycles. The number of hydrogen-bond donors (Lipinski definition) is 1. The molecule has 100 valence electrons. The topological polar surface area (TPSA) is 20.2 Å². The molecule has 17 heavy (non-hydrogen) atoms. The molecule has 0 amide bonds. The average molecular weight is 238 g/mol.